The number of ether oxygens (including phenoxy) is 1. The van der Waals surface area contributed by atoms with Gasteiger partial charge in [-0.2, -0.15) is 0 Å². The van der Waals surface area contributed by atoms with Crippen LogP contribution in [0.4, 0.5) is 0 Å². The molecule has 0 radical (unpaired) electrons. The second-order valence-corrected chi connectivity index (χ2v) is 10.8. The lowest BCUT2D eigenvalue weighted by Gasteiger charge is -2.62. The molecule has 4 rings (SSSR count). The lowest BCUT2D eigenvalue weighted by atomic mass is 9.44. The molecule has 0 spiro atoms. The third-order valence-corrected chi connectivity index (χ3v) is 9.56. The number of carbonyl (C=O) groups excluding carboxylic acids is 1. The molecule has 4 aliphatic carbocycles. The van der Waals surface area contributed by atoms with Gasteiger partial charge in [-0.1, -0.05) is 26.0 Å². The largest absolute Gasteiger partial charge is 0.463 e. The van der Waals surface area contributed by atoms with Crippen LogP contribution in [-0.2, 0) is 9.53 Å². The number of rotatable bonds is 2. The minimum absolute atomic E-state index is 0.0532. The highest BCUT2D eigenvalue weighted by molar-refractivity contribution is 5.66. The number of fused-ring (bicyclic) bond motifs is 5. The Morgan fingerprint density at radius 1 is 1.00 bits per heavy atom. The molecule has 0 bridgehead atoms. The van der Waals surface area contributed by atoms with E-state index in [4.69, 9.17) is 4.74 Å². The Morgan fingerprint density at radius 3 is 2.33 bits per heavy atom. The van der Waals surface area contributed by atoms with Crippen molar-refractivity contribution in [2.24, 2.45) is 40.4 Å². The van der Waals surface area contributed by atoms with Gasteiger partial charge >= 0.3 is 5.97 Å². The van der Waals surface area contributed by atoms with Crippen LogP contribution in [-0.4, -0.2) is 23.3 Å². The predicted molar refractivity (Wildman–Crippen MR) is 107 cm³/mol. The van der Waals surface area contributed by atoms with Crippen molar-refractivity contribution in [3.8, 4) is 0 Å². The van der Waals surface area contributed by atoms with Crippen LogP contribution in [0.3, 0.4) is 0 Å². The fourth-order valence-electron chi connectivity index (χ4n) is 8.33. The van der Waals surface area contributed by atoms with E-state index in [1.165, 1.54) is 38.2 Å². The zero-order valence-electron chi connectivity index (χ0n) is 17.7. The number of esters is 1. The van der Waals surface area contributed by atoms with E-state index in [0.29, 0.717) is 40.4 Å². The van der Waals surface area contributed by atoms with E-state index < -0.39 is 0 Å². The zero-order chi connectivity index (χ0) is 19.6. The lowest BCUT2D eigenvalue weighted by Crippen LogP contribution is -2.58. The third kappa shape index (κ3) is 2.91. The van der Waals surface area contributed by atoms with Crippen LogP contribution < -0.4 is 0 Å². The fourth-order valence-corrected chi connectivity index (χ4v) is 8.33. The Bertz CT molecular complexity index is 627. The number of hydrogen-bond donors (Lipinski definition) is 1. The first kappa shape index (κ1) is 19.5. The summed E-state index contributed by atoms with van der Waals surface area (Å²) in [7, 11) is 0. The van der Waals surface area contributed by atoms with E-state index in [0.717, 1.165) is 25.7 Å². The summed E-state index contributed by atoms with van der Waals surface area (Å²) < 4.78 is 5.55. The molecule has 3 heteroatoms. The molecule has 152 valence electrons. The maximum atomic E-state index is 11.4. The van der Waals surface area contributed by atoms with Crippen molar-refractivity contribution in [1.82, 2.24) is 0 Å². The normalized spacial score (nSPS) is 51.7. The molecule has 0 saturated heterocycles. The molecule has 0 aromatic rings. The van der Waals surface area contributed by atoms with Gasteiger partial charge < -0.3 is 9.84 Å². The zero-order valence-corrected chi connectivity index (χ0v) is 17.7. The Hall–Kier alpha value is -0.830. The van der Waals surface area contributed by atoms with Gasteiger partial charge in [0.05, 0.1) is 6.10 Å². The Balaban J connectivity index is 1.59. The fraction of sp³-hybridized carbons (Fsp3) is 0.875. The number of carbonyl (C=O) groups is 1. The van der Waals surface area contributed by atoms with Gasteiger partial charge in [-0.05, 0) is 98.7 Å². The van der Waals surface area contributed by atoms with E-state index in [1.54, 1.807) is 0 Å². The van der Waals surface area contributed by atoms with Gasteiger partial charge in [0.1, 0.15) is 6.10 Å². The summed E-state index contributed by atoms with van der Waals surface area (Å²) in [5, 5.41) is 11.3. The van der Waals surface area contributed by atoms with Crippen molar-refractivity contribution in [3.05, 3.63) is 12.2 Å². The smallest absolute Gasteiger partial charge is 0.302 e. The van der Waals surface area contributed by atoms with Crippen LogP contribution in [0.1, 0.15) is 79.1 Å². The number of hydrogen-bond acceptors (Lipinski definition) is 3. The highest BCUT2D eigenvalue weighted by Crippen LogP contribution is 2.68. The van der Waals surface area contributed by atoms with Gasteiger partial charge in [0.2, 0.25) is 0 Å². The Labute approximate surface area is 164 Å². The molecule has 0 amide bonds. The molecule has 4 saturated carbocycles. The summed E-state index contributed by atoms with van der Waals surface area (Å²) >= 11 is 0. The van der Waals surface area contributed by atoms with Gasteiger partial charge in [0, 0.05) is 6.92 Å². The van der Waals surface area contributed by atoms with E-state index in [-0.39, 0.29) is 18.2 Å². The molecule has 1 N–H and O–H groups in total. The van der Waals surface area contributed by atoms with E-state index >= 15 is 0 Å². The monoisotopic (exact) mass is 374 g/mol. The van der Waals surface area contributed by atoms with E-state index in [9.17, 15) is 9.90 Å². The van der Waals surface area contributed by atoms with Crippen LogP contribution in [0, 0.1) is 40.4 Å². The van der Waals surface area contributed by atoms with Crippen LogP contribution in [0.25, 0.3) is 0 Å². The van der Waals surface area contributed by atoms with Gasteiger partial charge in [0.15, 0.2) is 0 Å². The number of allylic oxidation sites excluding steroid dienone is 1. The first-order valence-corrected chi connectivity index (χ1v) is 11.2. The summed E-state index contributed by atoms with van der Waals surface area (Å²) in [5.74, 6) is 2.64. The maximum Gasteiger partial charge on any atom is 0.302 e. The van der Waals surface area contributed by atoms with E-state index in [2.05, 4.69) is 27.4 Å². The first-order valence-electron chi connectivity index (χ1n) is 11.2. The van der Waals surface area contributed by atoms with Gasteiger partial charge in [-0.25, -0.2) is 0 Å². The molecular formula is C24H38O3. The molecular weight excluding hydrogens is 336 g/mol. The molecule has 0 aromatic heterocycles. The molecule has 27 heavy (non-hydrogen) atoms. The number of aliphatic hydroxyl groups excluding tert-OH is 1. The van der Waals surface area contributed by atoms with Crippen LogP contribution in [0.2, 0.25) is 0 Å². The molecule has 0 heterocycles. The van der Waals surface area contributed by atoms with Gasteiger partial charge in [-0.15, -0.1) is 0 Å². The SMILES string of the molecule is C=C(C)[C@H]1CCC2C3C(CC[C@@]21C)[C@@]1(C)CC[C@H](OC(C)=O)CC1C[C@@H]3O. The lowest BCUT2D eigenvalue weighted by molar-refractivity contribution is -0.180. The third-order valence-electron chi connectivity index (χ3n) is 9.56. The molecule has 0 aliphatic heterocycles. The molecule has 3 nitrogen and oxygen atoms in total. The average molecular weight is 375 g/mol. The highest BCUT2D eigenvalue weighted by Gasteiger charge is 2.62. The van der Waals surface area contributed by atoms with Gasteiger partial charge in [-0.3, -0.25) is 4.79 Å². The number of aliphatic hydroxyl groups is 1. The van der Waals surface area contributed by atoms with Crippen molar-refractivity contribution >= 4 is 5.97 Å². The second-order valence-electron chi connectivity index (χ2n) is 10.8. The minimum atomic E-state index is -0.197. The quantitative estimate of drug-likeness (QED) is 0.539. The summed E-state index contributed by atoms with van der Waals surface area (Å²) in [4.78, 5) is 11.4. The highest BCUT2D eigenvalue weighted by atomic mass is 16.5. The summed E-state index contributed by atoms with van der Waals surface area (Å²) in [5.41, 5.74) is 1.96. The van der Waals surface area contributed by atoms with Crippen molar-refractivity contribution in [2.75, 3.05) is 0 Å². The Morgan fingerprint density at radius 2 is 1.67 bits per heavy atom. The van der Waals surface area contributed by atoms with Gasteiger partial charge in [0.25, 0.3) is 0 Å². The van der Waals surface area contributed by atoms with Crippen LogP contribution in [0.15, 0.2) is 12.2 Å². The standard InChI is InChI=1S/C24H38O3/c1-14(2)18-6-7-19-22-20(9-11-24(18,19)5)23(4)10-8-17(27-15(3)25)12-16(23)13-21(22)26/h16-22,26H,1,6-13H2,2-5H3/t16?,17-,18+,19?,20?,21-,22?,23-,24+/m0/s1. The average Bonchev–Trinajstić information content (AvgIpc) is 2.93. The Kier molecular flexibility index (Phi) is 4.77. The minimum Gasteiger partial charge on any atom is -0.463 e. The van der Waals surface area contributed by atoms with E-state index in [1.807, 2.05) is 0 Å². The molecule has 9 atom stereocenters. The maximum absolute atomic E-state index is 11.4. The van der Waals surface area contributed by atoms with Crippen molar-refractivity contribution < 1.29 is 14.6 Å². The molecule has 4 aliphatic rings. The van der Waals surface area contributed by atoms with Crippen molar-refractivity contribution in [3.63, 3.8) is 0 Å². The summed E-state index contributed by atoms with van der Waals surface area (Å²) in [6.45, 7) is 13.0. The second kappa shape index (κ2) is 6.61. The molecule has 4 fully saturated rings. The van der Waals surface area contributed by atoms with Crippen molar-refractivity contribution in [1.29, 1.82) is 0 Å². The summed E-state index contributed by atoms with van der Waals surface area (Å²) in [6.07, 6.45) is 8.83. The van der Waals surface area contributed by atoms with Crippen LogP contribution in [0.5, 0.6) is 0 Å². The topological polar surface area (TPSA) is 46.5 Å². The summed E-state index contributed by atoms with van der Waals surface area (Å²) in [6, 6.07) is 0. The molecule has 4 unspecified atom stereocenters. The molecule has 0 aromatic carbocycles. The first-order chi connectivity index (χ1) is 12.7. The van der Waals surface area contributed by atoms with Crippen molar-refractivity contribution in [2.45, 2.75) is 91.3 Å². The van der Waals surface area contributed by atoms with Crippen LogP contribution >= 0.6 is 0 Å². The predicted octanol–water partition coefficient (Wildman–Crippen LogP) is 5.12.